The number of hydrogen-bond donors (Lipinski definition) is 1. The first-order valence-electron chi connectivity index (χ1n) is 10.1. The average Bonchev–Trinajstić information content (AvgIpc) is 3.20. The summed E-state index contributed by atoms with van der Waals surface area (Å²) in [4.78, 5) is 12.2. The molecule has 0 saturated carbocycles. The molecule has 0 radical (unpaired) electrons. The maximum Gasteiger partial charge on any atom is 0.141 e. The zero-order chi connectivity index (χ0) is 20.8. The van der Waals surface area contributed by atoms with Gasteiger partial charge in [-0.05, 0) is 49.7 Å². The van der Waals surface area contributed by atoms with Crippen LogP contribution in [0.1, 0.15) is 36.9 Å². The lowest BCUT2D eigenvalue weighted by atomic mass is 10.1. The molecule has 2 aromatic carbocycles. The Labute approximate surface area is 175 Å². The van der Waals surface area contributed by atoms with Crippen LogP contribution >= 0.6 is 0 Å². The summed E-state index contributed by atoms with van der Waals surface area (Å²) in [5.74, 6) is 2.37. The second-order valence-electron chi connectivity index (χ2n) is 6.79. The molecule has 0 aliphatic heterocycles. The summed E-state index contributed by atoms with van der Waals surface area (Å²) >= 11 is 0. The van der Waals surface area contributed by atoms with E-state index in [-0.39, 0.29) is 6.10 Å². The van der Waals surface area contributed by atoms with Crippen LogP contribution in [-0.2, 0) is 11.3 Å². The van der Waals surface area contributed by atoms with Crippen LogP contribution in [0, 0.1) is 0 Å². The van der Waals surface area contributed by atoms with E-state index in [0.717, 1.165) is 39.5 Å². The number of imidazole rings is 1. The molecule has 0 bridgehead atoms. The Morgan fingerprint density at radius 3 is 2.50 bits per heavy atom. The van der Waals surface area contributed by atoms with Gasteiger partial charge in [0.2, 0.25) is 0 Å². The number of hydrogen-bond acceptors (Lipinski definition) is 5. The Hall–Kier alpha value is -3.38. The molecule has 154 valence electrons. The van der Waals surface area contributed by atoms with Gasteiger partial charge >= 0.3 is 0 Å². The highest BCUT2D eigenvalue weighted by Crippen LogP contribution is 2.29. The molecule has 4 aromatic rings. The number of fused-ring (bicyclic) bond motifs is 1. The van der Waals surface area contributed by atoms with Gasteiger partial charge in [0.25, 0.3) is 0 Å². The van der Waals surface area contributed by atoms with Crippen molar-refractivity contribution in [3.8, 4) is 11.5 Å². The first-order valence-corrected chi connectivity index (χ1v) is 10.1. The Morgan fingerprint density at radius 2 is 1.77 bits per heavy atom. The molecular weight excluding hydrogens is 378 g/mol. The molecule has 2 heterocycles. The lowest BCUT2D eigenvalue weighted by Crippen LogP contribution is -2.08. The van der Waals surface area contributed by atoms with Crippen molar-refractivity contribution in [3.63, 3.8) is 0 Å². The molecular formula is C24H25N3O3. The van der Waals surface area contributed by atoms with E-state index < -0.39 is 0 Å². The first kappa shape index (κ1) is 19.9. The van der Waals surface area contributed by atoms with Crippen LogP contribution in [0.5, 0.6) is 11.5 Å². The SMILES string of the molecule is CCOc1ccc2[nH]c(C(OCC)c3ccc(OCc4cccnc4)cc3)nc2c1. The number of aromatic amines is 1. The van der Waals surface area contributed by atoms with E-state index in [1.54, 1.807) is 12.4 Å². The van der Waals surface area contributed by atoms with Crippen LogP contribution in [0.15, 0.2) is 67.0 Å². The quantitative estimate of drug-likeness (QED) is 0.423. The standard InChI is InChI=1S/C24H25N3O3/c1-3-28-20-11-12-21-22(14-20)27-24(26-21)23(29-4-2)18-7-9-19(10-8-18)30-16-17-6-5-13-25-15-17/h5-15,23H,3-4,16H2,1-2H3,(H,26,27). The molecule has 0 aliphatic rings. The zero-order valence-electron chi connectivity index (χ0n) is 17.2. The maximum absolute atomic E-state index is 6.02. The van der Waals surface area contributed by atoms with E-state index in [0.29, 0.717) is 19.8 Å². The summed E-state index contributed by atoms with van der Waals surface area (Å²) in [6, 6.07) is 17.7. The van der Waals surface area contributed by atoms with Crippen LogP contribution in [0.25, 0.3) is 11.0 Å². The smallest absolute Gasteiger partial charge is 0.141 e. The van der Waals surface area contributed by atoms with Crippen molar-refractivity contribution in [2.75, 3.05) is 13.2 Å². The maximum atomic E-state index is 6.02. The third-order valence-corrected chi connectivity index (χ3v) is 4.68. The number of H-pyrrole nitrogens is 1. The monoisotopic (exact) mass is 403 g/mol. The summed E-state index contributed by atoms with van der Waals surface area (Å²) < 4.78 is 17.5. The molecule has 30 heavy (non-hydrogen) atoms. The predicted molar refractivity (Wildman–Crippen MR) is 116 cm³/mol. The number of pyridine rings is 1. The molecule has 0 aliphatic carbocycles. The van der Waals surface area contributed by atoms with Crippen molar-refractivity contribution in [2.24, 2.45) is 0 Å². The lowest BCUT2D eigenvalue weighted by Gasteiger charge is -2.16. The summed E-state index contributed by atoms with van der Waals surface area (Å²) in [5, 5.41) is 0. The molecule has 0 saturated heterocycles. The van der Waals surface area contributed by atoms with Crippen molar-refractivity contribution in [1.29, 1.82) is 0 Å². The predicted octanol–water partition coefficient (Wildman–Crippen LogP) is 5.06. The molecule has 1 unspecified atom stereocenters. The van der Waals surface area contributed by atoms with Gasteiger partial charge in [0.15, 0.2) is 0 Å². The molecule has 2 aromatic heterocycles. The third kappa shape index (κ3) is 4.60. The van der Waals surface area contributed by atoms with Crippen molar-refractivity contribution < 1.29 is 14.2 Å². The van der Waals surface area contributed by atoms with E-state index in [4.69, 9.17) is 19.2 Å². The minimum Gasteiger partial charge on any atom is -0.494 e. The Kier molecular flexibility index (Phi) is 6.25. The second kappa shape index (κ2) is 9.41. The molecule has 0 amide bonds. The number of nitrogens with one attached hydrogen (secondary N) is 1. The topological polar surface area (TPSA) is 69.3 Å². The van der Waals surface area contributed by atoms with E-state index >= 15 is 0 Å². The normalized spacial score (nSPS) is 12.1. The van der Waals surface area contributed by atoms with E-state index in [1.165, 1.54) is 0 Å². The molecule has 1 atom stereocenters. The number of benzene rings is 2. The Bertz CT molecular complexity index is 1080. The fourth-order valence-electron chi connectivity index (χ4n) is 3.27. The second-order valence-corrected chi connectivity index (χ2v) is 6.79. The highest BCUT2D eigenvalue weighted by Gasteiger charge is 2.19. The summed E-state index contributed by atoms with van der Waals surface area (Å²) in [6.07, 6.45) is 3.27. The number of nitrogens with zero attached hydrogens (tertiary/aromatic N) is 2. The van der Waals surface area contributed by atoms with Gasteiger partial charge in [0.05, 0.1) is 17.6 Å². The van der Waals surface area contributed by atoms with Crippen molar-refractivity contribution in [1.82, 2.24) is 15.0 Å². The highest BCUT2D eigenvalue weighted by molar-refractivity contribution is 5.77. The number of rotatable bonds is 9. The van der Waals surface area contributed by atoms with Crippen LogP contribution in [0.4, 0.5) is 0 Å². The highest BCUT2D eigenvalue weighted by atomic mass is 16.5. The Morgan fingerprint density at radius 1 is 0.933 bits per heavy atom. The minimum atomic E-state index is -0.287. The van der Waals surface area contributed by atoms with Gasteiger partial charge in [-0.1, -0.05) is 18.2 Å². The minimum absolute atomic E-state index is 0.287. The third-order valence-electron chi connectivity index (χ3n) is 4.68. The molecule has 0 spiro atoms. The van der Waals surface area contributed by atoms with E-state index in [9.17, 15) is 0 Å². The lowest BCUT2D eigenvalue weighted by molar-refractivity contribution is 0.0859. The van der Waals surface area contributed by atoms with Gasteiger partial charge in [-0.25, -0.2) is 4.98 Å². The van der Waals surface area contributed by atoms with Gasteiger partial charge in [-0.15, -0.1) is 0 Å². The summed E-state index contributed by atoms with van der Waals surface area (Å²) in [5.41, 5.74) is 3.85. The van der Waals surface area contributed by atoms with Gasteiger partial charge in [-0.2, -0.15) is 0 Å². The van der Waals surface area contributed by atoms with Crippen molar-refractivity contribution in [3.05, 3.63) is 83.9 Å². The van der Waals surface area contributed by atoms with E-state index in [2.05, 4.69) is 9.97 Å². The van der Waals surface area contributed by atoms with Crippen LogP contribution in [-0.4, -0.2) is 28.2 Å². The van der Waals surface area contributed by atoms with Gasteiger partial charge in [0.1, 0.15) is 30.0 Å². The van der Waals surface area contributed by atoms with Crippen molar-refractivity contribution in [2.45, 2.75) is 26.6 Å². The zero-order valence-corrected chi connectivity index (χ0v) is 17.2. The largest absolute Gasteiger partial charge is 0.494 e. The molecule has 6 nitrogen and oxygen atoms in total. The van der Waals surface area contributed by atoms with Gasteiger partial charge in [-0.3, -0.25) is 4.98 Å². The van der Waals surface area contributed by atoms with Crippen LogP contribution < -0.4 is 9.47 Å². The average molecular weight is 403 g/mol. The number of ether oxygens (including phenoxy) is 3. The van der Waals surface area contributed by atoms with Gasteiger partial charge in [0, 0.05) is 30.6 Å². The van der Waals surface area contributed by atoms with E-state index in [1.807, 2.05) is 68.4 Å². The van der Waals surface area contributed by atoms with Crippen LogP contribution in [0.3, 0.4) is 0 Å². The number of aromatic nitrogens is 3. The molecule has 0 fully saturated rings. The summed E-state index contributed by atoms with van der Waals surface area (Å²) in [6.45, 7) is 5.63. The molecule has 4 rings (SSSR count). The molecule has 1 N–H and O–H groups in total. The fourth-order valence-corrected chi connectivity index (χ4v) is 3.27. The summed E-state index contributed by atoms with van der Waals surface area (Å²) in [7, 11) is 0. The Balaban J connectivity index is 1.53. The van der Waals surface area contributed by atoms with Crippen LogP contribution in [0.2, 0.25) is 0 Å². The van der Waals surface area contributed by atoms with Gasteiger partial charge < -0.3 is 19.2 Å². The van der Waals surface area contributed by atoms with Crippen molar-refractivity contribution >= 4 is 11.0 Å². The fraction of sp³-hybridized carbons (Fsp3) is 0.250. The first-order chi connectivity index (χ1) is 14.8. The molecule has 6 heteroatoms.